The average Bonchev–Trinajstić information content (AvgIpc) is 2.94. The topological polar surface area (TPSA) is 222 Å². The van der Waals surface area contributed by atoms with Crippen LogP contribution in [0.2, 0.25) is 0 Å². The van der Waals surface area contributed by atoms with Crippen molar-refractivity contribution < 1.29 is 54.8 Å². The third kappa shape index (κ3) is 7.14. The van der Waals surface area contributed by atoms with E-state index in [4.69, 9.17) is 25.8 Å². The highest BCUT2D eigenvalue weighted by molar-refractivity contribution is 6.18. The molecule has 15 nitrogen and oxygen atoms in total. The summed E-state index contributed by atoms with van der Waals surface area (Å²) in [5, 5.41) is 75.5. The molecule has 1 aromatic rings. The van der Waals surface area contributed by atoms with Crippen LogP contribution in [0.25, 0.3) is 0 Å². The number of carbonyl (C=O) groups is 1. The number of ether oxygens (including phenoxy) is 3. The van der Waals surface area contributed by atoms with Gasteiger partial charge in [0.25, 0.3) is 0 Å². The molecular weight excluding hydrogens is 570 g/mol. The Bertz CT molecular complexity index is 1030. The molecule has 10 atom stereocenters. The van der Waals surface area contributed by atoms with Gasteiger partial charge in [-0.15, -0.1) is 16.5 Å². The number of carbonyl (C=O) groups excluding carboxylic acids is 1. The Morgan fingerprint density at radius 2 is 1.54 bits per heavy atom. The van der Waals surface area contributed by atoms with Crippen LogP contribution in [-0.2, 0) is 20.8 Å². The Balaban J connectivity index is 1.93. The van der Waals surface area contributed by atoms with Gasteiger partial charge in [-0.2, -0.15) is 5.01 Å². The predicted molar refractivity (Wildman–Crippen MR) is 141 cm³/mol. The molecule has 232 valence electrons. The highest BCUT2D eigenvalue weighted by Crippen LogP contribution is 2.32. The second-order valence-electron chi connectivity index (χ2n) is 10.2. The Kier molecular flexibility index (Phi) is 11.8. The van der Waals surface area contributed by atoms with E-state index in [1.807, 2.05) is 32.9 Å². The number of benzene rings is 1. The lowest BCUT2D eigenvalue weighted by Gasteiger charge is -2.48. The first-order valence-electron chi connectivity index (χ1n) is 13.0. The smallest absolute Gasteiger partial charge is 0.345 e. The minimum absolute atomic E-state index is 0.126. The summed E-state index contributed by atoms with van der Waals surface area (Å²) in [4.78, 5) is 26.0. The highest BCUT2D eigenvalue weighted by Gasteiger charge is 2.52. The van der Waals surface area contributed by atoms with Gasteiger partial charge < -0.3 is 50.0 Å². The first-order chi connectivity index (χ1) is 19.4. The molecule has 41 heavy (non-hydrogen) atoms. The second kappa shape index (κ2) is 14.4. The summed E-state index contributed by atoms with van der Waals surface area (Å²) in [6.45, 7) is 3.56. The van der Waals surface area contributed by atoms with Crippen molar-refractivity contribution in [2.75, 3.05) is 25.6 Å². The molecule has 0 radical (unpaired) electrons. The fraction of sp³-hybridized carbons (Fsp3) is 0.720. The molecular formula is C25H38ClN3O12. The van der Waals surface area contributed by atoms with Gasteiger partial charge in [0.05, 0.1) is 31.6 Å². The van der Waals surface area contributed by atoms with Gasteiger partial charge in [-0.25, -0.2) is 4.79 Å². The normalized spacial score (nSPS) is 33.8. The van der Waals surface area contributed by atoms with Crippen molar-refractivity contribution in [3.05, 3.63) is 39.3 Å². The highest BCUT2D eigenvalue weighted by atomic mass is 35.5. The average molecular weight is 608 g/mol. The van der Waals surface area contributed by atoms with Crippen LogP contribution in [0, 0.1) is 25.7 Å². The molecule has 2 fully saturated rings. The van der Waals surface area contributed by atoms with Crippen LogP contribution < -0.4 is 0 Å². The second-order valence-corrected chi connectivity index (χ2v) is 10.6. The van der Waals surface area contributed by atoms with Crippen molar-refractivity contribution in [2.24, 2.45) is 5.29 Å². The summed E-state index contributed by atoms with van der Waals surface area (Å²) in [7, 11) is 0. The lowest BCUT2D eigenvalue weighted by Crippen LogP contribution is -2.67. The maximum Gasteiger partial charge on any atom is 0.345 e. The standard InChI is InChI=1S/C25H38ClN3O12/c1-11-6-12(2)14(13(3)7-11)8-28(25(37)29(27-38)5-4-26)23-20(35)19(34)22(16(10-31)39-23)41-24-21(36)18(33)17(32)15(9-30)40-24/h6-7,15-24,30-36H,4-5,8-10H2,1-3H3/t15-,16-,17-,18+,19-,20-,21-,22-,23?,24-/m1/s1. The fourth-order valence-corrected chi connectivity index (χ4v) is 5.28. The number of urea groups is 1. The molecule has 0 aliphatic carbocycles. The first kappa shape index (κ1) is 33.5. The summed E-state index contributed by atoms with van der Waals surface area (Å²) >= 11 is 5.74. The first-order valence-corrected chi connectivity index (χ1v) is 13.6. The number of aryl methyl sites for hydroxylation is 3. The zero-order valence-electron chi connectivity index (χ0n) is 22.9. The Labute approximate surface area is 241 Å². The minimum atomic E-state index is -1.88. The van der Waals surface area contributed by atoms with Gasteiger partial charge in [0.15, 0.2) is 12.5 Å². The van der Waals surface area contributed by atoms with Gasteiger partial charge in [-0.05, 0) is 37.5 Å². The Morgan fingerprint density at radius 3 is 2.07 bits per heavy atom. The van der Waals surface area contributed by atoms with Gasteiger partial charge >= 0.3 is 6.03 Å². The van der Waals surface area contributed by atoms with E-state index < -0.39 is 80.6 Å². The molecule has 2 aliphatic heterocycles. The van der Waals surface area contributed by atoms with Crippen molar-refractivity contribution in [2.45, 2.75) is 88.7 Å². The molecule has 2 heterocycles. The summed E-state index contributed by atoms with van der Waals surface area (Å²) in [5.41, 5.74) is 3.25. The van der Waals surface area contributed by atoms with Gasteiger partial charge in [-0.1, -0.05) is 17.7 Å². The third-order valence-corrected chi connectivity index (χ3v) is 7.49. The molecule has 2 amide bonds. The molecule has 7 N–H and O–H groups in total. The van der Waals surface area contributed by atoms with Crippen LogP contribution >= 0.6 is 11.6 Å². The number of halogens is 1. The van der Waals surface area contributed by atoms with E-state index >= 15 is 0 Å². The number of rotatable bonds is 10. The van der Waals surface area contributed by atoms with Crippen LogP contribution in [-0.4, -0.2) is 139 Å². The molecule has 1 aromatic carbocycles. The van der Waals surface area contributed by atoms with Gasteiger partial charge in [-0.3, -0.25) is 4.90 Å². The maximum absolute atomic E-state index is 13.5. The number of alkyl halides is 1. The van der Waals surface area contributed by atoms with Crippen molar-refractivity contribution in [3.8, 4) is 0 Å². The van der Waals surface area contributed by atoms with Crippen molar-refractivity contribution in [3.63, 3.8) is 0 Å². The molecule has 2 aliphatic rings. The van der Waals surface area contributed by atoms with Crippen LogP contribution in [0.5, 0.6) is 0 Å². The summed E-state index contributed by atoms with van der Waals surface area (Å²) < 4.78 is 16.8. The van der Waals surface area contributed by atoms with E-state index in [0.717, 1.165) is 21.6 Å². The molecule has 0 bridgehead atoms. The number of hydrogen-bond acceptors (Lipinski definition) is 13. The van der Waals surface area contributed by atoms with Crippen molar-refractivity contribution in [1.29, 1.82) is 0 Å². The quantitative estimate of drug-likeness (QED) is 0.0906. The molecule has 0 saturated carbocycles. The lowest BCUT2D eigenvalue weighted by atomic mass is 9.95. The number of aliphatic hydroxyl groups is 7. The summed E-state index contributed by atoms with van der Waals surface area (Å²) in [6.07, 6.45) is -16.7. The van der Waals surface area contributed by atoms with E-state index in [1.54, 1.807) is 0 Å². The number of nitrogens with zero attached hydrogens (tertiary/aromatic N) is 3. The zero-order chi connectivity index (χ0) is 30.6. The maximum atomic E-state index is 13.5. The van der Waals surface area contributed by atoms with E-state index in [2.05, 4.69) is 5.29 Å². The van der Waals surface area contributed by atoms with E-state index in [1.165, 1.54) is 0 Å². The van der Waals surface area contributed by atoms with Gasteiger partial charge in [0.2, 0.25) is 0 Å². The molecule has 0 aromatic heterocycles. The minimum Gasteiger partial charge on any atom is -0.394 e. The monoisotopic (exact) mass is 607 g/mol. The molecule has 0 spiro atoms. The largest absolute Gasteiger partial charge is 0.394 e. The number of nitroso groups, excluding NO2 is 1. The van der Waals surface area contributed by atoms with Crippen LogP contribution in [0.15, 0.2) is 17.4 Å². The summed E-state index contributed by atoms with van der Waals surface area (Å²) in [5.74, 6) is -0.126. The summed E-state index contributed by atoms with van der Waals surface area (Å²) in [6, 6.07) is 2.78. The lowest BCUT2D eigenvalue weighted by molar-refractivity contribution is -0.347. The number of hydrogen-bond donors (Lipinski definition) is 7. The van der Waals surface area contributed by atoms with E-state index in [9.17, 15) is 45.4 Å². The molecule has 3 rings (SSSR count). The predicted octanol–water partition coefficient (Wildman–Crippen LogP) is -1.62. The molecule has 1 unspecified atom stereocenters. The number of aliphatic hydroxyl groups excluding tert-OH is 7. The van der Waals surface area contributed by atoms with Crippen molar-refractivity contribution >= 4 is 17.6 Å². The van der Waals surface area contributed by atoms with Crippen LogP contribution in [0.3, 0.4) is 0 Å². The third-order valence-electron chi connectivity index (χ3n) is 7.32. The van der Waals surface area contributed by atoms with E-state index in [0.29, 0.717) is 10.6 Å². The zero-order valence-corrected chi connectivity index (χ0v) is 23.6. The van der Waals surface area contributed by atoms with Crippen molar-refractivity contribution in [1.82, 2.24) is 9.91 Å². The molecule has 2 saturated heterocycles. The Hall–Kier alpha value is -2.02. The van der Waals surface area contributed by atoms with Gasteiger partial charge in [0.1, 0.15) is 48.8 Å². The fourth-order valence-electron chi connectivity index (χ4n) is 5.12. The van der Waals surface area contributed by atoms with E-state index in [-0.39, 0.29) is 19.0 Å². The van der Waals surface area contributed by atoms with Crippen LogP contribution in [0.4, 0.5) is 4.79 Å². The Morgan fingerprint density at radius 1 is 0.927 bits per heavy atom. The van der Waals surface area contributed by atoms with Crippen LogP contribution in [0.1, 0.15) is 22.3 Å². The number of amides is 2. The van der Waals surface area contributed by atoms with Gasteiger partial charge in [0, 0.05) is 5.88 Å². The SMILES string of the molecule is Cc1cc(C)c(CN(C(=O)N(CCCl)N=O)C2O[C@H](CO)[C@@H](O[C@H]3O[C@H](CO)[C@@H](O)[C@H](O)[C@H]3O)[C@H](O)[C@H]2O)c(C)c1. The molecule has 16 heteroatoms.